The van der Waals surface area contributed by atoms with Gasteiger partial charge in [0.05, 0.1) is 18.2 Å². The molecule has 1 aliphatic heterocycles. The number of hydrogen-bond acceptors (Lipinski definition) is 6. The van der Waals surface area contributed by atoms with Gasteiger partial charge < -0.3 is 30.6 Å². The predicted octanol–water partition coefficient (Wildman–Crippen LogP) is 3.97. The lowest BCUT2D eigenvalue weighted by atomic mass is 10.0. The smallest absolute Gasteiger partial charge is 0.266 e. The number of aryl methyl sites for hydroxylation is 1. The van der Waals surface area contributed by atoms with E-state index in [1.807, 2.05) is 38.9 Å². The summed E-state index contributed by atoms with van der Waals surface area (Å²) in [5.41, 5.74) is 5.07. The molecule has 210 valence electrons. The Morgan fingerprint density at radius 3 is 2.61 bits per heavy atom. The molecule has 10 nitrogen and oxygen atoms in total. The van der Waals surface area contributed by atoms with Gasteiger partial charge in [-0.15, -0.1) is 0 Å². The standard InChI is InChI=1S/C31H32N6O4/c1-18-26(34-19(2)28(18)31(40)33-12-13-37(3)4)16-24-23-15-22(10-11-25(23)36-30(24)39)35-29(38)21(17-32)14-20-8-6-7-9-27(20)41-5/h6-11,14-16,34H,12-13H2,1-5H3,(H,33,40)(H,35,38)(H,36,39). The molecule has 0 bridgehead atoms. The highest BCUT2D eigenvalue weighted by Crippen LogP contribution is 2.36. The van der Waals surface area contributed by atoms with Gasteiger partial charge in [0, 0.05) is 47.0 Å². The number of carbonyl (C=O) groups excluding carboxylic acids is 3. The van der Waals surface area contributed by atoms with E-state index >= 15 is 0 Å². The Bertz CT molecular complexity index is 1620. The number of fused-ring (bicyclic) bond motifs is 1. The number of ether oxygens (including phenoxy) is 1. The van der Waals surface area contributed by atoms with Gasteiger partial charge in [0.1, 0.15) is 17.4 Å². The molecule has 1 aromatic heterocycles. The van der Waals surface area contributed by atoms with Crippen molar-refractivity contribution in [1.82, 2.24) is 15.2 Å². The fourth-order valence-corrected chi connectivity index (χ4v) is 4.58. The van der Waals surface area contributed by atoms with Gasteiger partial charge in [-0.1, -0.05) is 18.2 Å². The summed E-state index contributed by atoms with van der Waals surface area (Å²) in [7, 11) is 5.39. The molecular formula is C31H32N6O4. The summed E-state index contributed by atoms with van der Waals surface area (Å²) in [5.74, 6) is -0.546. The molecule has 0 saturated heterocycles. The van der Waals surface area contributed by atoms with Crippen molar-refractivity contribution in [1.29, 1.82) is 5.26 Å². The topological polar surface area (TPSA) is 139 Å². The van der Waals surface area contributed by atoms with Gasteiger partial charge in [0.15, 0.2) is 0 Å². The number of aromatic nitrogens is 1. The molecule has 0 spiro atoms. The highest BCUT2D eigenvalue weighted by molar-refractivity contribution is 6.35. The number of methoxy groups -OCH3 is 1. The molecule has 0 aliphatic carbocycles. The summed E-state index contributed by atoms with van der Waals surface area (Å²) in [4.78, 5) is 43.9. The van der Waals surface area contributed by atoms with E-state index in [9.17, 15) is 19.6 Å². The highest BCUT2D eigenvalue weighted by Gasteiger charge is 2.26. The van der Waals surface area contributed by atoms with Gasteiger partial charge in [-0.3, -0.25) is 14.4 Å². The average molecular weight is 553 g/mol. The van der Waals surface area contributed by atoms with Crippen LogP contribution in [0.5, 0.6) is 5.75 Å². The van der Waals surface area contributed by atoms with Crippen LogP contribution >= 0.6 is 0 Å². The SMILES string of the molecule is COc1ccccc1C=C(C#N)C(=O)Nc1ccc2c(c1)C(=Cc1[nH]c(C)c(C(=O)NCCN(C)C)c1C)C(=O)N2. The van der Waals surface area contributed by atoms with Gasteiger partial charge in [0.25, 0.3) is 17.7 Å². The van der Waals surface area contributed by atoms with Crippen molar-refractivity contribution >= 4 is 46.8 Å². The van der Waals surface area contributed by atoms with Crippen LogP contribution in [0.4, 0.5) is 11.4 Å². The Morgan fingerprint density at radius 2 is 1.90 bits per heavy atom. The third-order valence-electron chi connectivity index (χ3n) is 6.70. The summed E-state index contributed by atoms with van der Waals surface area (Å²) < 4.78 is 5.31. The molecule has 0 radical (unpaired) electrons. The fourth-order valence-electron chi connectivity index (χ4n) is 4.58. The van der Waals surface area contributed by atoms with Crippen molar-refractivity contribution in [3.05, 3.63) is 81.7 Å². The molecule has 4 rings (SSSR count). The zero-order valence-electron chi connectivity index (χ0n) is 23.6. The predicted molar refractivity (Wildman–Crippen MR) is 159 cm³/mol. The average Bonchev–Trinajstić information content (AvgIpc) is 3.40. The van der Waals surface area contributed by atoms with Crippen LogP contribution < -0.4 is 20.7 Å². The van der Waals surface area contributed by atoms with Crippen LogP contribution in [0.1, 0.15) is 38.4 Å². The first kappa shape index (κ1) is 28.9. The lowest BCUT2D eigenvalue weighted by Crippen LogP contribution is -2.31. The van der Waals surface area contributed by atoms with Crippen molar-refractivity contribution < 1.29 is 19.1 Å². The maximum atomic E-state index is 13.0. The molecule has 2 aromatic carbocycles. The Morgan fingerprint density at radius 1 is 1.15 bits per heavy atom. The number of rotatable bonds is 9. The summed E-state index contributed by atoms with van der Waals surface area (Å²) >= 11 is 0. The lowest BCUT2D eigenvalue weighted by Gasteiger charge is -2.10. The number of hydrogen-bond donors (Lipinski definition) is 4. The van der Waals surface area contributed by atoms with E-state index in [1.54, 1.807) is 48.5 Å². The van der Waals surface area contributed by atoms with Gasteiger partial charge in [-0.05, 0) is 69.9 Å². The van der Waals surface area contributed by atoms with E-state index in [-0.39, 0.29) is 17.4 Å². The molecule has 0 atom stereocenters. The number of carbonyl (C=O) groups is 3. The van der Waals surface area contributed by atoms with Crippen LogP contribution in [0.25, 0.3) is 17.7 Å². The van der Waals surface area contributed by atoms with Gasteiger partial charge in [-0.25, -0.2) is 0 Å². The van der Waals surface area contributed by atoms with E-state index in [1.165, 1.54) is 13.2 Å². The third-order valence-corrected chi connectivity index (χ3v) is 6.70. The zero-order chi connectivity index (χ0) is 29.7. The maximum Gasteiger partial charge on any atom is 0.266 e. The molecule has 3 aromatic rings. The Balaban J connectivity index is 1.60. The number of amides is 3. The second-order valence-corrected chi connectivity index (χ2v) is 9.86. The van der Waals surface area contributed by atoms with E-state index in [0.717, 1.165) is 5.56 Å². The molecular weight excluding hydrogens is 520 g/mol. The van der Waals surface area contributed by atoms with Gasteiger partial charge in [0.2, 0.25) is 0 Å². The molecule has 0 saturated carbocycles. The highest BCUT2D eigenvalue weighted by atomic mass is 16.5. The van der Waals surface area contributed by atoms with Crippen LogP contribution in [0, 0.1) is 25.2 Å². The fraction of sp³-hybridized carbons (Fsp3) is 0.226. The summed E-state index contributed by atoms with van der Waals surface area (Å²) in [6, 6.07) is 14.0. The van der Waals surface area contributed by atoms with Crippen LogP contribution in [-0.2, 0) is 9.59 Å². The van der Waals surface area contributed by atoms with E-state index in [0.29, 0.717) is 63.9 Å². The first-order valence-electron chi connectivity index (χ1n) is 13.0. The molecule has 10 heteroatoms. The van der Waals surface area contributed by atoms with Crippen LogP contribution in [0.3, 0.4) is 0 Å². The Kier molecular flexibility index (Phi) is 8.70. The number of nitriles is 1. The maximum absolute atomic E-state index is 13.0. The minimum Gasteiger partial charge on any atom is -0.496 e. The number of anilines is 2. The Labute approximate surface area is 238 Å². The monoisotopic (exact) mass is 552 g/mol. The Hall–Kier alpha value is -5.14. The number of nitrogens with zero attached hydrogens (tertiary/aromatic N) is 2. The largest absolute Gasteiger partial charge is 0.496 e. The van der Waals surface area contributed by atoms with Crippen molar-refractivity contribution in [2.75, 3.05) is 44.9 Å². The van der Waals surface area contributed by atoms with Crippen LogP contribution in [0.15, 0.2) is 48.0 Å². The molecule has 4 N–H and O–H groups in total. The molecule has 0 fully saturated rings. The van der Waals surface area contributed by atoms with Crippen molar-refractivity contribution in [2.45, 2.75) is 13.8 Å². The quantitative estimate of drug-likeness (QED) is 0.234. The summed E-state index contributed by atoms with van der Waals surface area (Å²) in [6.07, 6.45) is 3.16. The second-order valence-electron chi connectivity index (χ2n) is 9.86. The molecule has 2 heterocycles. The summed E-state index contributed by atoms with van der Waals surface area (Å²) in [6.45, 7) is 4.88. The van der Waals surface area contributed by atoms with Gasteiger partial charge >= 0.3 is 0 Å². The van der Waals surface area contributed by atoms with Crippen molar-refractivity contribution in [3.63, 3.8) is 0 Å². The normalized spacial score (nSPS) is 13.5. The first-order valence-corrected chi connectivity index (χ1v) is 13.0. The van der Waals surface area contributed by atoms with Crippen LogP contribution in [0.2, 0.25) is 0 Å². The number of nitrogens with one attached hydrogen (secondary N) is 4. The molecule has 1 aliphatic rings. The number of likely N-dealkylation sites (N-methyl/N-ethyl adjacent to an activating group) is 1. The molecule has 41 heavy (non-hydrogen) atoms. The van der Waals surface area contributed by atoms with Crippen LogP contribution in [-0.4, -0.2) is 61.9 Å². The first-order chi connectivity index (χ1) is 19.6. The van der Waals surface area contributed by atoms with Crippen molar-refractivity contribution in [2.24, 2.45) is 0 Å². The van der Waals surface area contributed by atoms with Crippen molar-refractivity contribution in [3.8, 4) is 11.8 Å². The minimum atomic E-state index is -0.595. The van der Waals surface area contributed by atoms with E-state index < -0.39 is 5.91 Å². The van der Waals surface area contributed by atoms with Gasteiger partial charge in [-0.2, -0.15) is 5.26 Å². The third kappa shape index (κ3) is 6.37. The molecule has 0 unspecified atom stereocenters. The minimum absolute atomic E-state index is 0.103. The number of benzene rings is 2. The van der Waals surface area contributed by atoms with E-state index in [2.05, 4.69) is 20.9 Å². The number of aromatic amines is 1. The number of H-pyrrole nitrogens is 1. The summed E-state index contributed by atoms with van der Waals surface area (Å²) in [5, 5.41) is 18.1. The number of para-hydroxylation sites is 1. The second kappa shape index (κ2) is 12.4. The zero-order valence-corrected chi connectivity index (χ0v) is 23.6. The van der Waals surface area contributed by atoms with E-state index in [4.69, 9.17) is 4.74 Å². The lowest BCUT2D eigenvalue weighted by molar-refractivity contribution is -0.112. The molecule has 3 amide bonds.